The Morgan fingerprint density at radius 3 is 1.93 bits per heavy atom. The molecule has 7 nitrogen and oxygen atoms in total. The van der Waals surface area contributed by atoms with E-state index in [-0.39, 0.29) is 12.3 Å². The first kappa shape index (κ1) is 21.2. The smallest absolute Gasteiger partial charge is 0.224 e. The molecule has 1 N–H and O–H groups in total. The molecule has 0 atom stereocenters. The summed E-state index contributed by atoms with van der Waals surface area (Å²) < 4.78 is 26.5. The Balaban J connectivity index is 1.97. The molecule has 1 amide bonds. The number of carbonyl (C=O) groups excluding carboxylic acids is 1. The van der Waals surface area contributed by atoms with Crippen LogP contribution in [0.5, 0.6) is 28.7 Å². The second-order valence-electron chi connectivity index (χ2n) is 5.99. The van der Waals surface area contributed by atoms with Crippen molar-refractivity contribution < 1.29 is 28.5 Å². The molecular formula is C21H27NO6. The molecule has 0 fully saturated rings. The molecule has 0 aliphatic rings. The zero-order chi connectivity index (χ0) is 20.5. The van der Waals surface area contributed by atoms with Crippen LogP contribution < -0.4 is 29.0 Å². The third-order valence-electron chi connectivity index (χ3n) is 4.32. The molecule has 0 aliphatic carbocycles. The normalized spacial score (nSPS) is 10.2. The van der Waals surface area contributed by atoms with Crippen LogP contribution in [-0.4, -0.2) is 48.0 Å². The third-order valence-corrected chi connectivity index (χ3v) is 4.32. The van der Waals surface area contributed by atoms with Crippen molar-refractivity contribution >= 4 is 5.91 Å². The van der Waals surface area contributed by atoms with E-state index in [4.69, 9.17) is 23.7 Å². The van der Waals surface area contributed by atoms with E-state index in [1.165, 1.54) is 0 Å². The summed E-state index contributed by atoms with van der Waals surface area (Å²) in [6, 6.07) is 9.17. The van der Waals surface area contributed by atoms with Gasteiger partial charge >= 0.3 is 0 Å². The maximum absolute atomic E-state index is 12.4. The van der Waals surface area contributed by atoms with Crippen LogP contribution in [-0.2, 0) is 17.6 Å². The fourth-order valence-corrected chi connectivity index (χ4v) is 2.85. The molecule has 0 radical (unpaired) electrons. The van der Waals surface area contributed by atoms with Crippen LogP contribution in [0.3, 0.4) is 0 Å². The van der Waals surface area contributed by atoms with Gasteiger partial charge in [0, 0.05) is 18.2 Å². The number of amides is 1. The van der Waals surface area contributed by atoms with E-state index in [2.05, 4.69) is 5.32 Å². The molecule has 152 valence electrons. The molecule has 0 bridgehead atoms. The molecule has 2 aromatic rings. The summed E-state index contributed by atoms with van der Waals surface area (Å²) >= 11 is 0. The largest absolute Gasteiger partial charge is 0.496 e. The highest BCUT2D eigenvalue weighted by Crippen LogP contribution is 2.34. The van der Waals surface area contributed by atoms with Crippen LogP contribution in [0.25, 0.3) is 0 Å². The topological polar surface area (TPSA) is 75.3 Å². The lowest BCUT2D eigenvalue weighted by Crippen LogP contribution is -2.27. The van der Waals surface area contributed by atoms with Crippen molar-refractivity contribution in [1.29, 1.82) is 0 Å². The van der Waals surface area contributed by atoms with Crippen molar-refractivity contribution in [3.05, 3.63) is 41.5 Å². The molecule has 0 aromatic heterocycles. The van der Waals surface area contributed by atoms with Gasteiger partial charge in [0.15, 0.2) is 23.0 Å². The molecular weight excluding hydrogens is 362 g/mol. The second kappa shape index (κ2) is 10.3. The van der Waals surface area contributed by atoms with Crippen LogP contribution in [0.1, 0.15) is 11.1 Å². The first-order valence-corrected chi connectivity index (χ1v) is 8.82. The average Bonchev–Trinajstić information content (AvgIpc) is 2.73. The van der Waals surface area contributed by atoms with E-state index in [1.807, 2.05) is 18.2 Å². The predicted molar refractivity (Wildman–Crippen MR) is 106 cm³/mol. The van der Waals surface area contributed by atoms with Gasteiger partial charge in [-0.3, -0.25) is 4.79 Å². The molecule has 2 aromatic carbocycles. The second-order valence-corrected chi connectivity index (χ2v) is 5.99. The fourth-order valence-electron chi connectivity index (χ4n) is 2.85. The first-order chi connectivity index (χ1) is 13.6. The molecule has 7 heteroatoms. The van der Waals surface area contributed by atoms with Crippen molar-refractivity contribution in [2.24, 2.45) is 0 Å². The number of benzene rings is 2. The number of nitrogens with one attached hydrogen (secondary N) is 1. The van der Waals surface area contributed by atoms with Gasteiger partial charge < -0.3 is 29.0 Å². The van der Waals surface area contributed by atoms with E-state index in [1.54, 1.807) is 47.7 Å². The number of carbonyl (C=O) groups is 1. The molecule has 0 aliphatic heterocycles. The summed E-state index contributed by atoms with van der Waals surface area (Å²) in [5.74, 6) is 2.92. The van der Waals surface area contributed by atoms with Crippen LogP contribution in [0.15, 0.2) is 30.3 Å². The Bertz CT molecular complexity index is 806. The van der Waals surface area contributed by atoms with Crippen molar-refractivity contribution in [3.8, 4) is 28.7 Å². The van der Waals surface area contributed by atoms with E-state index in [0.29, 0.717) is 41.7 Å². The van der Waals surface area contributed by atoms with Gasteiger partial charge in [-0.2, -0.15) is 0 Å². The van der Waals surface area contributed by atoms with E-state index < -0.39 is 0 Å². The predicted octanol–water partition coefficient (Wildman–Crippen LogP) is 2.63. The van der Waals surface area contributed by atoms with E-state index >= 15 is 0 Å². The average molecular weight is 389 g/mol. The maximum Gasteiger partial charge on any atom is 0.224 e. The minimum Gasteiger partial charge on any atom is -0.496 e. The standard InChI is InChI=1S/C21H27NO6/c1-24-16-7-6-14(10-18(16)26-3)8-9-22-21(23)12-15-11-19(27-4)20(28-5)13-17(15)25-2/h6-7,10-11,13H,8-9,12H2,1-5H3,(H,22,23). The zero-order valence-corrected chi connectivity index (χ0v) is 17.0. The molecule has 0 saturated heterocycles. The summed E-state index contributed by atoms with van der Waals surface area (Å²) in [6.07, 6.45) is 0.852. The van der Waals surface area contributed by atoms with Crippen molar-refractivity contribution in [2.75, 3.05) is 42.1 Å². The van der Waals surface area contributed by atoms with Crippen molar-refractivity contribution in [1.82, 2.24) is 5.32 Å². The van der Waals surface area contributed by atoms with Gasteiger partial charge in [0.2, 0.25) is 5.91 Å². The molecule has 0 unspecified atom stereocenters. The lowest BCUT2D eigenvalue weighted by molar-refractivity contribution is -0.120. The highest BCUT2D eigenvalue weighted by molar-refractivity contribution is 5.79. The van der Waals surface area contributed by atoms with Gasteiger partial charge in [-0.05, 0) is 30.2 Å². The van der Waals surface area contributed by atoms with Gasteiger partial charge in [-0.1, -0.05) is 6.07 Å². The highest BCUT2D eigenvalue weighted by Gasteiger charge is 2.14. The summed E-state index contributed by atoms with van der Waals surface area (Å²) in [4.78, 5) is 12.4. The monoisotopic (exact) mass is 389 g/mol. The number of ether oxygens (including phenoxy) is 5. The van der Waals surface area contributed by atoms with Gasteiger partial charge in [0.25, 0.3) is 0 Å². The van der Waals surface area contributed by atoms with Crippen LogP contribution in [0.4, 0.5) is 0 Å². The van der Waals surface area contributed by atoms with E-state index in [0.717, 1.165) is 11.1 Å². The number of hydrogen-bond acceptors (Lipinski definition) is 6. The van der Waals surface area contributed by atoms with E-state index in [9.17, 15) is 4.79 Å². The van der Waals surface area contributed by atoms with Crippen LogP contribution in [0, 0.1) is 0 Å². The van der Waals surface area contributed by atoms with Gasteiger partial charge in [-0.25, -0.2) is 0 Å². The Hall–Kier alpha value is -3.09. The van der Waals surface area contributed by atoms with Crippen molar-refractivity contribution in [3.63, 3.8) is 0 Å². The molecule has 0 saturated carbocycles. The van der Waals surface area contributed by atoms with Gasteiger partial charge in [0.1, 0.15) is 5.75 Å². The number of methoxy groups -OCH3 is 5. The third kappa shape index (κ3) is 5.22. The summed E-state index contributed by atoms with van der Waals surface area (Å²) in [5, 5.41) is 2.92. The minimum absolute atomic E-state index is 0.106. The molecule has 0 heterocycles. The Morgan fingerprint density at radius 1 is 0.750 bits per heavy atom. The zero-order valence-electron chi connectivity index (χ0n) is 17.0. The van der Waals surface area contributed by atoms with Gasteiger partial charge in [0.05, 0.1) is 42.0 Å². The quantitative estimate of drug-likeness (QED) is 0.673. The molecule has 2 rings (SSSR count). The number of hydrogen-bond donors (Lipinski definition) is 1. The minimum atomic E-state index is -0.106. The summed E-state index contributed by atoms with van der Waals surface area (Å²) in [7, 11) is 7.86. The Morgan fingerprint density at radius 2 is 1.32 bits per heavy atom. The summed E-state index contributed by atoms with van der Waals surface area (Å²) in [6.45, 7) is 0.504. The SMILES string of the molecule is COc1cc(OC)c(OC)cc1CC(=O)NCCc1ccc(OC)c(OC)c1. The van der Waals surface area contributed by atoms with Gasteiger partial charge in [-0.15, -0.1) is 0 Å². The fraction of sp³-hybridized carbons (Fsp3) is 0.381. The first-order valence-electron chi connectivity index (χ1n) is 8.82. The lowest BCUT2D eigenvalue weighted by atomic mass is 10.1. The molecule has 0 spiro atoms. The highest BCUT2D eigenvalue weighted by atomic mass is 16.5. The number of rotatable bonds is 10. The maximum atomic E-state index is 12.4. The van der Waals surface area contributed by atoms with Crippen LogP contribution in [0.2, 0.25) is 0 Å². The Kier molecular flexibility index (Phi) is 7.80. The lowest BCUT2D eigenvalue weighted by Gasteiger charge is -2.14. The summed E-state index contributed by atoms with van der Waals surface area (Å²) in [5.41, 5.74) is 1.77. The van der Waals surface area contributed by atoms with Crippen LogP contribution >= 0.6 is 0 Å². The Labute approximate surface area is 165 Å². The molecule has 28 heavy (non-hydrogen) atoms. The van der Waals surface area contributed by atoms with Crippen molar-refractivity contribution in [2.45, 2.75) is 12.8 Å².